The summed E-state index contributed by atoms with van der Waals surface area (Å²) >= 11 is 6.05. The number of hydrogen-bond acceptors (Lipinski definition) is 10. The fraction of sp³-hybridized carbons (Fsp3) is 0.400. The van der Waals surface area contributed by atoms with E-state index in [9.17, 15) is 9.59 Å². The van der Waals surface area contributed by atoms with E-state index in [0.717, 1.165) is 49.5 Å². The monoisotopic (exact) mass is 632 g/mol. The van der Waals surface area contributed by atoms with Crippen LogP contribution < -0.4 is 11.1 Å². The molecule has 2 aliphatic rings. The lowest BCUT2D eigenvalue weighted by atomic mass is 9.93. The summed E-state index contributed by atoms with van der Waals surface area (Å²) in [6, 6.07) is 15.5. The molecule has 12 heteroatoms. The molecule has 4 atom stereocenters. The van der Waals surface area contributed by atoms with Crippen LogP contribution in [0.3, 0.4) is 0 Å². The van der Waals surface area contributed by atoms with E-state index < -0.39 is 0 Å². The van der Waals surface area contributed by atoms with Gasteiger partial charge in [0.05, 0.1) is 20.2 Å². The van der Waals surface area contributed by atoms with E-state index in [-0.39, 0.29) is 11.1 Å². The van der Waals surface area contributed by atoms with Crippen LogP contribution in [0.15, 0.2) is 58.1 Å². The van der Waals surface area contributed by atoms with Gasteiger partial charge in [-0.05, 0) is 84.8 Å². The number of hydrogen-bond donors (Lipinski definition) is 0. The smallest absolute Gasteiger partial charge is 0.267 e. The van der Waals surface area contributed by atoms with E-state index in [1.165, 1.54) is 55.2 Å². The fourth-order valence-corrected chi connectivity index (χ4v) is 10.6. The third-order valence-electron chi connectivity index (χ3n) is 8.76. The van der Waals surface area contributed by atoms with Crippen molar-refractivity contribution in [1.82, 2.24) is 28.3 Å². The van der Waals surface area contributed by atoms with Crippen molar-refractivity contribution in [3.05, 3.63) is 79.3 Å². The Morgan fingerprint density at radius 1 is 0.643 bits per heavy atom. The SMILES string of the molecule is O=c1c2ccccc2sn1-c1nnc(C2CCCCCCC(c3nnc(-n4sc5ccccc5c4=O)s3)C3CC3C2)s1. The maximum Gasteiger partial charge on any atom is 0.275 e. The van der Waals surface area contributed by atoms with Crippen LogP contribution in [0.1, 0.15) is 73.2 Å². The molecule has 0 bridgehead atoms. The summed E-state index contributed by atoms with van der Waals surface area (Å²) in [6.07, 6.45) is 9.32. The van der Waals surface area contributed by atoms with Crippen molar-refractivity contribution in [3.8, 4) is 10.3 Å². The van der Waals surface area contributed by atoms with Gasteiger partial charge in [0, 0.05) is 11.8 Å². The summed E-state index contributed by atoms with van der Waals surface area (Å²) in [5, 5.41) is 23.2. The maximum atomic E-state index is 13.0. The average Bonchev–Trinajstić information content (AvgIpc) is 3.41. The predicted octanol–water partition coefficient (Wildman–Crippen LogP) is 7.37. The second kappa shape index (κ2) is 10.9. The molecule has 0 amide bonds. The van der Waals surface area contributed by atoms with Crippen LogP contribution in [0.2, 0.25) is 0 Å². The molecule has 0 spiro atoms. The standard InChI is InChI=1S/C30H28N6O2S4/c37-27-20-11-5-7-13-23(20)41-35(27)29-33-31-25(39-29)17-9-3-1-2-4-10-19(22-16-18(22)15-17)26-32-34-30(40-26)36-28(38)21-12-6-8-14-24(21)42-36/h5-8,11-14,17-19,22H,1-4,9-10,15-16H2. The summed E-state index contributed by atoms with van der Waals surface area (Å²) in [6.45, 7) is 0. The van der Waals surface area contributed by atoms with E-state index in [1.807, 2.05) is 48.5 Å². The fourth-order valence-electron chi connectivity index (χ4n) is 6.50. The van der Waals surface area contributed by atoms with Crippen molar-refractivity contribution in [2.75, 3.05) is 0 Å². The first kappa shape index (κ1) is 26.6. The molecule has 2 saturated carbocycles. The van der Waals surface area contributed by atoms with Gasteiger partial charge in [0.25, 0.3) is 11.1 Å². The first-order valence-electron chi connectivity index (χ1n) is 14.5. The molecule has 6 aromatic rings. The first-order chi connectivity index (χ1) is 20.6. The molecule has 4 heterocycles. The normalized spacial score (nSPS) is 23.1. The molecule has 0 saturated heterocycles. The van der Waals surface area contributed by atoms with Gasteiger partial charge in [-0.3, -0.25) is 9.59 Å². The minimum Gasteiger partial charge on any atom is -0.267 e. The molecule has 0 radical (unpaired) electrons. The van der Waals surface area contributed by atoms with Gasteiger partial charge in [0.15, 0.2) is 0 Å². The number of benzene rings is 2. The zero-order valence-electron chi connectivity index (χ0n) is 22.7. The Bertz CT molecular complexity index is 2010. The van der Waals surface area contributed by atoms with Crippen LogP contribution in [0.4, 0.5) is 0 Å². The van der Waals surface area contributed by atoms with Crippen molar-refractivity contribution in [2.45, 2.75) is 63.2 Å². The Morgan fingerprint density at radius 3 is 1.86 bits per heavy atom. The molecule has 2 aliphatic carbocycles. The Labute approximate surface area is 257 Å². The summed E-state index contributed by atoms with van der Waals surface area (Å²) in [4.78, 5) is 26.0. The van der Waals surface area contributed by atoms with E-state index in [0.29, 0.717) is 33.9 Å². The molecule has 4 aromatic heterocycles. The molecule has 2 aromatic carbocycles. The van der Waals surface area contributed by atoms with Crippen molar-refractivity contribution in [2.24, 2.45) is 11.8 Å². The molecule has 2 fully saturated rings. The van der Waals surface area contributed by atoms with Crippen LogP contribution in [-0.2, 0) is 0 Å². The lowest BCUT2D eigenvalue weighted by Crippen LogP contribution is -2.10. The molecule has 8 rings (SSSR count). The van der Waals surface area contributed by atoms with Crippen molar-refractivity contribution >= 4 is 65.9 Å². The highest BCUT2D eigenvalue weighted by Crippen LogP contribution is 2.55. The summed E-state index contributed by atoms with van der Waals surface area (Å²) < 4.78 is 5.34. The highest BCUT2D eigenvalue weighted by molar-refractivity contribution is 7.19. The van der Waals surface area contributed by atoms with Crippen LogP contribution >= 0.6 is 45.7 Å². The summed E-state index contributed by atoms with van der Waals surface area (Å²) in [5.74, 6) is 1.95. The molecule has 4 unspecified atom stereocenters. The highest BCUT2D eigenvalue weighted by Gasteiger charge is 2.46. The van der Waals surface area contributed by atoms with Crippen molar-refractivity contribution < 1.29 is 0 Å². The Balaban J connectivity index is 1.03. The largest absolute Gasteiger partial charge is 0.275 e. The van der Waals surface area contributed by atoms with Gasteiger partial charge < -0.3 is 0 Å². The van der Waals surface area contributed by atoms with Crippen LogP contribution in [0.25, 0.3) is 30.4 Å². The minimum atomic E-state index is -0.0137. The molecule has 0 N–H and O–H groups in total. The third-order valence-corrected chi connectivity index (χ3v) is 13.2. The first-order valence-corrected chi connectivity index (χ1v) is 17.7. The molecular weight excluding hydrogens is 605 g/mol. The van der Waals surface area contributed by atoms with Crippen LogP contribution in [-0.4, -0.2) is 28.3 Å². The second-order valence-electron chi connectivity index (χ2n) is 11.4. The number of nitrogens with zero attached hydrogens (tertiary/aromatic N) is 6. The predicted molar refractivity (Wildman–Crippen MR) is 171 cm³/mol. The van der Waals surface area contributed by atoms with Gasteiger partial charge in [0.2, 0.25) is 10.3 Å². The maximum absolute atomic E-state index is 13.0. The number of rotatable bonds is 4. The number of aromatic nitrogens is 6. The van der Waals surface area contributed by atoms with Gasteiger partial charge in [0.1, 0.15) is 10.0 Å². The molecular formula is C30H28N6O2S4. The van der Waals surface area contributed by atoms with E-state index in [1.54, 1.807) is 30.6 Å². The minimum absolute atomic E-state index is 0.0118. The van der Waals surface area contributed by atoms with Gasteiger partial charge in [-0.1, -0.05) is 72.6 Å². The lowest BCUT2D eigenvalue weighted by molar-refractivity contribution is 0.467. The highest BCUT2D eigenvalue weighted by atomic mass is 32.1. The van der Waals surface area contributed by atoms with Gasteiger partial charge in [-0.15, -0.1) is 20.4 Å². The van der Waals surface area contributed by atoms with Crippen LogP contribution in [0.5, 0.6) is 0 Å². The Kier molecular flexibility index (Phi) is 6.89. The van der Waals surface area contributed by atoms with Gasteiger partial charge in [-0.2, -0.15) is 0 Å². The molecule has 42 heavy (non-hydrogen) atoms. The molecule has 8 nitrogen and oxygen atoms in total. The van der Waals surface area contributed by atoms with Crippen molar-refractivity contribution in [3.63, 3.8) is 0 Å². The lowest BCUT2D eigenvalue weighted by Gasteiger charge is -2.15. The zero-order chi connectivity index (χ0) is 28.2. The topological polar surface area (TPSA) is 95.6 Å². The third kappa shape index (κ3) is 4.78. The van der Waals surface area contributed by atoms with Gasteiger partial charge in [-0.25, -0.2) is 7.91 Å². The van der Waals surface area contributed by atoms with Gasteiger partial charge >= 0.3 is 0 Å². The summed E-state index contributed by atoms with van der Waals surface area (Å²) in [5.41, 5.74) is -0.0256. The average molecular weight is 633 g/mol. The van der Waals surface area contributed by atoms with Crippen molar-refractivity contribution in [1.29, 1.82) is 0 Å². The second-order valence-corrected chi connectivity index (χ2v) is 15.4. The van der Waals surface area contributed by atoms with Crippen LogP contribution in [0, 0.1) is 11.8 Å². The Hall–Kier alpha value is -3.06. The quantitative estimate of drug-likeness (QED) is 0.201. The Morgan fingerprint density at radius 2 is 1.21 bits per heavy atom. The number of fused-ring (bicyclic) bond motifs is 3. The zero-order valence-corrected chi connectivity index (χ0v) is 26.0. The van der Waals surface area contributed by atoms with E-state index in [2.05, 4.69) is 20.4 Å². The van der Waals surface area contributed by atoms with E-state index in [4.69, 9.17) is 0 Å². The summed E-state index contributed by atoms with van der Waals surface area (Å²) in [7, 11) is 0. The van der Waals surface area contributed by atoms with E-state index >= 15 is 0 Å². The molecule has 214 valence electrons. The molecule has 0 aliphatic heterocycles.